The molecule has 0 aliphatic heterocycles. The highest BCUT2D eigenvalue weighted by Gasteiger charge is 2.32. The van der Waals surface area contributed by atoms with Gasteiger partial charge in [0, 0.05) is 5.56 Å². The van der Waals surface area contributed by atoms with E-state index in [2.05, 4.69) is 0 Å². The number of rotatable bonds is 2. The highest BCUT2D eigenvalue weighted by molar-refractivity contribution is 5.59. The fraction of sp³-hybridized carbons (Fsp3) is 0.333. The molecule has 0 spiro atoms. The predicted octanol–water partition coefficient (Wildman–Crippen LogP) is 1.79. The lowest BCUT2D eigenvalue weighted by molar-refractivity contribution is -0.137. The summed E-state index contributed by atoms with van der Waals surface area (Å²) >= 11 is 0. The van der Waals surface area contributed by atoms with Gasteiger partial charge in [-0.2, -0.15) is 13.2 Å². The quantitative estimate of drug-likeness (QED) is 0.748. The Bertz CT molecular complexity index is 363. The summed E-state index contributed by atoms with van der Waals surface area (Å²) in [7, 11) is 1.28. The highest BCUT2D eigenvalue weighted by Crippen LogP contribution is 2.36. The van der Waals surface area contributed by atoms with E-state index in [0.717, 1.165) is 12.1 Å². The summed E-state index contributed by atoms with van der Waals surface area (Å²) in [6.45, 7) is -0.558. The first kappa shape index (κ1) is 11.6. The number of nitrogen functional groups attached to an aromatic ring is 1. The summed E-state index contributed by atoms with van der Waals surface area (Å²) in [5.41, 5.74) is 4.35. The number of anilines is 1. The van der Waals surface area contributed by atoms with Crippen LogP contribution in [0, 0.1) is 0 Å². The topological polar surface area (TPSA) is 55.5 Å². The van der Waals surface area contributed by atoms with Crippen molar-refractivity contribution >= 4 is 5.69 Å². The summed E-state index contributed by atoms with van der Waals surface area (Å²) < 4.78 is 41.8. The molecule has 1 aromatic rings. The molecule has 15 heavy (non-hydrogen) atoms. The minimum absolute atomic E-state index is 0.0184. The van der Waals surface area contributed by atoms with Crippen molar-refractivity contribution in [3.05, 3.63) is 23.3 Å². The molecule has 3 N–H and O–H groups in total. The maximum Gasteiger partial charge on any atom is 0.416 e. The lowest BCUT2D eigenvalue weighted by atomic mass is 10.1. The van der Waals surface area contributed by atoms with Gasteiger partial charge in [0.05, 0.1) is 25.0 Å². The molecule has 0 radical (unpaired) electrons. The molecule has 0 saturated carbocycles. The van der Waals surface area contributed by atoms with Crippen molar-refractivity contribution in [1.82, 2.24) is 0 Å². The van der Waals surface area contributed by atoms with Gasteiger partial charge in [0.15, 0.2) is 0 Å². The average molecular weight is 221 g/mol. The molecule has 0 amide bonds. The van der Waals surface area contributed by atoms with Gasteiger partial charge in [-0.05, 0) is 12.1 Å². The number of halogens is 3. The predicted molar refractivity (Wildman–Crippen MR) is 48.3 cm³/mol. The number of nitrogens with two attached hydrogens (primary N) is 1. The molecule has 0 atom stereocenters. The SMILES string of the molecule is COc1c(N)cc(C(F)(F)F)cc1CO. The fourth-order valence-electron chi connectivity index (χ4n) is 1.24. The van der Waals surface area contributed by atoms with Crippen LogP contribution in [0.1, 0.15) is 11.1 Å². The molecule has 1 aromatic carbocycles. The van der Waals surface area contributed by atoms with Crippen molar-refractivity contribution in [2.45, 2.75) is 12.8 Å². The second kappa shape index (κ2) is 3.98. The zero-order valence-corrected chi connectivity index (χ0v) is 7.93. The van der Waals surface area contributed by atoms with E-state index in [9.17, 15) is 13.2 Å². The molecule has 3 nitrogen and oxygen atoms in total. The van der Waals surface area contributed by atoms with Crippen LogP contribution in [0.5, 0.6) is 5.75 Å². The molecule has 84 valence electrons. The van der Waals surface area contributed by atoms with Crippen LogP contribution in [0.3, 0.4) is 0 Å². The van der Waals surface area contributed by atoms with Crippen molar-refractivity contribution in [1.29, 1.82) is 0 Å². The van der Waals surface area contributed by atoms with Crippen LogP contribution in [0.25, 0.3) is 0 Å². The van der Waals surface area contributed by atoms with Crippen LogP contribution in [0.2, 0.25) is 0 Å². The Labute approximate surface area is 84.3 Å². The number of ether oxygens (including phenoxy) is 1. The van der Waals surface area contributed by atoms with Crippen molar-refractivity contribution in [2.75, 3.05) is 12.8 Å². The Morgan fingerprint density at radius 3 is 2.40 bits per heavy atom. The average Bonchev–Trinajstić information content (AvgIpc) is 2.15. The third-order valence-electron chi connectivity index (χ3n) is 1.90. The highest BCUT2D eigenvalue weighted by atomic mass is 19.4. The van der Waals surface area contributed by atoms with Crippen LogP contribution in [0.15, 0.2) is 12.1 Å². The van der Waals surface area contributed by atoms with Gasteiger partial charge in [0.1, 0.15) is 5.75 Å². The van der Waals surface area contributed by atoms with Gasteiger partial charge in [-0.15, -0.1) is 0 Å². The molecular formula is C9H10F3NO2. The van der Waals surface area contributed by atoms with Gasteiger partial charge in [-0.25, -0.2) is 0 Å². The molecule has 0 unspecified atom stereocenters. The minimum Gasteiger partial charge on any atom is -0.494 e. The van der Waals surface area contributed by atoms with Crippen molar-refractivity contribution in [3.8, 4) is 5.75 Å². The molecule has 0 bridgehead atoms. The van der Waals surface area contributed by atoms with E-state index >= 15 is 0 Å². The number of hydrogen-bond acceptors (Lipinski definition) is 3. The van der Waals surface area contributed by atoms with Gasteiger partial charge < -0.3 is 15.6 Å². The Morgan fingerprint density at radius 2 is 2.00 bits per heavy atom. The maximum atomic E-state index is 12.3. The van der Waals surface area contributed by atoms with E-state index in [1.807, 2.05) is 0 Å². The fourth-order valence-corrected chi connectivity index (χ4v) is 1.24. The van der Waals surface area contributed by atoms with Gasteiger partial charge >= 0.3 is 6.18 Å². The van der Waals surface area contributed by atoms with Crippen molar-refractivity contribution in [2.24, 2.45) is 0 Å². The smallest absolute Gasteiger partial charge is 0.416 e. The van der Waals surface area contributed by atoms with E-state index in [-0.39, 0.29) is 17.0 Å². The normalized spacial score (nSPS) is 11.5. The van der Waals surface area contributed by atoms with Gasteiger partial charge in [0.2, 0.25) is 0 Å². The molecule has 0 aliphatic carbocycles. The number of aliphatic hydroxyl groups excluding tert-OH is 1. The minimum atomic E-state index is -4.48. The third-order valence-corrected chi connectivity index (χ3v) is 1.90. The Kier molecular flexibility index (Phi) is 3.09. The van der Waals surface area contributed by atoms with Gasteiger partial charge in [-0.3, -0.25) is 0 Å². The van der Waals surface area contributed by atoms with Gasteiger partial charge in [0.25, 0.3) is 0 Å². The summed E-state index contributed by atoms with van der Waals surface area (Å²) in [5.74, 6) is 0.0745. The van der Waals surface area contributed by atoms with E-state index in [4.69, 9.17) is 15.6 Å². The number of hydrogen-bond donors (Lipinski definition) is 2. The molecule has 1 rings (SSSR count). The van der Waals surface area contributed by atoms with Crippen LogP contribution in [-0.4, -0.2) is 12.2 Å². The van der Waals surface area contributed by atoms with E-state index in [1.54, 1.807) is 0 Å². The Morgan fingerprint density at radius 1 is 1.40 bits per heavy atom. The summed E-state index contributed by atoms with van der Waals surface area (Å²) in [5, 5.41) is 8.86. The lowest BCUT2D eigenvalue weighted by Crippen LogP contribution is -2.08. The third kappa shape index (κ3) is 2.33. The zero-order chi connectivity index (χ0) is 11.6. The molecule has 0 aliphatic rings. The number of alkyl halides is 3. The molecule has 0 aromatic heterocycles. The van der Waals surface area contributed by atoms with Crippen molar-refractivity contribution in [3.63, 3.8) is 0 Å². The van der Waals surface area contributed by atoms with E-state index in [1.165, 1.54) is 7.11 Å². The lowest BCUT2D eigenvalue weighted by Gasteiger charge is -2.13. The summed E-state index contributed by atoms with van der Waals surface area (Å²) in [6, 6.07) is 1.59. The van der Waals surface area contributed by atoms with E-state index < -0.39 is 18.3 Å². The zero-order valence-electron chi connectivity index (χ0n) is 7.93. The number of aliphatic hydroxyl groups is 1. The number of methoxy groups -OCH3 is 1. The number of benzene rings is 1. The molecule has 0 heterocycles. The monoisotopic (exact) mass is 221 g/mol. The molecular weight excluding hydrogens is 211 g/mol. The molecule has 0 saturated heterocycles. The second-order valence-corrected chi connectivity index (χ2v) is 2.91. The standard InChI is InChI=1S/C9H10F3NO2/c1-15-8-5(4-14)2-6(3-7(8)13)9(10,11)12/h2-3,14H,4,13H2,1H3. The first-order valence-electron chi connectivity index (χ1n) is 4.04. The first-order valence-corrected chi connectivity index (χ1v) is 4.04. The largest absolute Gasteiger partial charge is 0.494 e. The van der Waals surface area contributed by atoms with Crippen LogP contribution < -0.4 is 10.5 Å². The second-order valence-electron chi connectivity index (χ2n) is 2.91. The summed E-state index contributed by atoms with van der Waals surface area (Å²) in [6.07, 6.45) is -4.48. The summed E-state index contributed by atoms with van der Waals surface area (Å²) in [4.78, 5) is 0. The van der Waals surface area contributed by atoms with Crippen LogP contribution in [0.4, 0.5) is 18.9 Å². The van der Waals surface area contributed by atoms with Gasteiger partial charge in [-0.1, -0.05) is 0 Å². The van der Waals surface area contributed by atoms with Crippen LogP contribution >= 0.6 is 0 Å². The van der Waals surface area contributed by atoms with Crippen LogP contribution in [-0.2, 0) is 12.8 Å². The van der Waals surface area contributed by atoms with E-state index in [0.29, 0.717) is 0 Å². The Balaban J connectivity index is 3.32. The maximum absolute atomic E-state index is 12.3. The van der Waals surface area contributed by atoms with Crippen molar-refractivity contribution < 1.29 is 23.0 Å². The molecule has 6 heteroatoms. The first-order chi connectivity index (χ1) is 6.90. The molecule has 0 fully saturated rings. The Hall–Kier alpha value is -1.43.